The number of hydrogen-bond acceptors (Lipinski definition) is 6. The molecule has 142 valence electrons. The second-order valence-electron chi connectivity index (χ2n) is 6.67. The molecule has 7 nitrogen and oxygen atoms in total. The highest BCUT2D eigenvalue weighted by Gasteiger charge is 2.10. The number of aromatic nitrogens is 5. The number of para-hydroxylation sites is 2. The van der Waals surface area contributed by atoms with Gasteiger partial charge >= 0.3 is 0 Å². The molecule has 2 aromatic carbocycles. The van der Waals surface area contributed by atoms with Crippen molar-refractivity contribution in [2.75, 3.05) is 17.2 Å². The fraction of sp³-hybridized carbons (Fsp3) is 0.0909. The average Bonchev–Trinajstić information content (AvgIpc) is 3.17. The van der Waals surface area contributed by atoms with Crippen LogP contribution >= 0.6 is 0 Å². The molecule has 0 spiro atoms. The van der Waals surface area contributed by atoms with Crippen molar-refractivity contribution in [2.24, 2.45) is 0 Å². The summed E-state index contributed by atoms with van der Waals surface area (Å²) in [7, 11) is 0. The minimum atomic E-state index is 0.521. The van der Waals surface area contributed by atoms with E-state index in [1.807, 2.05) is 42.5 Å². The zero-order valence-corrected chi connectivity index (χ0v) is 15.6. The highest BCUT2D eigenvalue weighted by molar-refractivity contribution is 5.85. The van der Waals surface area contributed by atoms with Gasteiger partial charge in [-0.1, -0.05) is 36.4 Å². The summed E-state index contributed by atoms with van der Waals surface area (Å²) in [6, 6.07) is 20.3. The van der Waals surface area contributed by atoms with Gasteiger partial charge in [0.25, 0.3) is 0 Å². The summed E-state index contributed by atoms with van der Waals surface area (Å²) in [5.74, 6) is 1.15. The van der Waals surface area contributed by atoms with Crippen molar-refractivity contribution in [1.29, 1.82) is 0 Å². The van der Waals surface area contributed by atoms with Crippen molar-refractivity contribution in [1.82, 2.24) is 24.9 Å². The fourth-order valence-electron chi connectivity index (χ4n) is 3.27. The molecule has 0 aliphatic rings. The van der Waals surface area contributed by atoms with E-state index in [1.54, 1.807) is 12.4 Å². The first-order chi connectivity index (χ1) is 14.3. The number of H-pyrrole nitrogens is 1. The summed E-state index contributed by atoms with van der Waals surface area (Å²) in [6.07, 6.45) is 4.11. The van der Waals surface area contributed by atoms with Gasteiger partial charge in [0, 0.05) is 42.3 Å². The van der Waals surface area contributed by atoms with Crippen LogP contribution < -0.4 is 10.6 Å². The molecule has 0 aliphatic carbocycles. The van der Waals surface area contributed by atoms with E-state index < -0.39 is 0 Å². The molecule has 0 saturated carbocycles. The summed E-state index contributed by atoms with van der Waals surface area (Å²) in [5, 5.41) is 7.84. The SMILES string of the molecule is c1ccc(Nc2nc(NCCc3cc4ccccc4[nH]3)nc3nccnc23)cc1. The van der Waals surface area contributed by atoms with Gasteiger partial charge in [-0.25, -0.2) is 9.97 Å². The lowest BCUT2D eigenvalue weighted by molar-refractivity contribution is 0.960. The number of hydrogen-bond donors (Lipinski definition) is 3. The van der Waals surface area contributed by atoms with E-state index in [4.69, 9.17) is 0 Å². The molecule has 0 saturated heterocycles. The molecule has 0 radical (unpaired) electrons. The van der Waals surface area contributed by atoms with Crippen LogP contribution in [0.1, 0.15) is 5.69 Å². The molecule has 5 rings (SSSR count). The Hall–Kier alpha value is -4.00. The van der Waals surface area contributed by atoms with E-state index in [2.05, 4.69) is 53.8 Å². The van der Waals surface area contributed by atoms with E-state index in [0.717, 1.165) is 17.6 Å². The van der Waals surface area contributed by atoms with Gasteiger partial charge in [0.15, 0.2) is 17.0 Å². The van der Waals surface area contributed by atoms with Crippen LogP contribution in [-0.4, -0.2) is 31.5 Å². The van der Waals surface area contributed by atoms with Gasteiger partial charge in [-0.05, 0) is 29.7 Å². The van der Waals surface area contributed by atoms with E-state index in [9.17, 15) is 0 Å². The third-order valence-corrected chi connectivity index (χ3v) is 4.63. The van der Waals surface area contributed by atoms with Crippen LogP contribution in [0.2, 0.25) is 0 Å². The van der Waals surface area contributed by atoms with Crippen molar-refractivity contribution in [3.05, 3.63) is 78.8 Å². The third kappa shape index (κ3) is 3.70. The molecule has 3 heterocycles. The molecular formula is C22H19N7. The Morgan fingerprint density at radius 2 is 1.69 bits per heavy atom. The van der Waals surface area contributed by atoms with Crippen molar-refractivity contribution in [3.63, 3.8) is 0 Å². The van der Waals surface area contributed by atoms with Crippen LogP contribution in [0.15, 0.2) is 73.1 Å². The largest absolute Gasteiger partial charge is 0.358 e. The Labute approximate surface area is 167 Å². The molecule has 29 heavy (non-hydrogen) atoms. The summed E-state index contributed by atoms with van der Waals surface area (Å²) in [6.45, 7) is 0.698. The minimum Gasteiger partial charge on any atom is -0.358 e. The minimum absolute atomic E-state index is 0.521. The van der Waals surface area contributed by atoms with Gasteiger partial charge < -0.3 is 15.6 Å². The molecule has 5 aromatic rings. The summed E-state index contributed by atoms with van der Waals surface area (Å²) in [4.78, 5) is 21.3. The number of nitrogens with one attached hydrogen (secondary N) is 3. The second-order valence-corrected chi connectivity index (χ2v) is 6.67. The Balaban J connectivity index is 1.36. The number of benzene rings is 2. The summed E-state index contributed by atoms with van der Waals surface area (Å²) >= 11 is 0. The van der Waals surface area contributed by atoms with Crippen LogP contribution in [0.3, 0.4) is 0 Å². The van der Waals surface area contributed by atoms with E-state index >= 15 is 0 Å². The van der Waals surface area contributed by atoms with Gasteiger partial charge in [0.05, 0.1) is 0 Å². The van der Waals surface area contributed by atoms with Crippen molar-refractivity contribution in [3.8, 4) is 0 Å². The topological polar surface area (TPSA) is 91.4 Å². The molecule has 0 fully saturated rings. The monoisotopic (exact) mass is 381 g/mol. The first-order valence-corrected chi connectivity index (χ1v) is 9.46. The normalized spacial score (nSPS) is 11.0. The van der Waals surface area contributed by atoms with Gasteiger partial charge in [-0.15, -0.1) is 0 Å². The molecular weight excluding hydrogens is 362 g/mol. The average molecular weight is 381 g/mol. The van der Waals surface area contributed by atoms with Crippen LogP contribution in [0.4, 0.5) is 17.5 Å². The lowest BCUT2D eigenvalue weighted by Gasteiger charge is -2.10. The lowest BCUT2D eigenvalue weighted by atomic mass is 10.2. The Kier molecular flexibility index (Phi) is 4.46. The number of fused-ring (bicyclic) bond motifs is 2. The van der Waals surface area contributed by atoms with E-state index in [-0.39, 0.29) is 0 Å². The van der Waals surface area contributed by atoms with Gasteiger partial charge in [0.2, 0.25) is 5.95 Å². The maximum absolute atomic E-state index is 4.62. The van der Waals surface area contributed by atoms with E-state index in [1.165, 1.54) is 11.1 Å². The predicted molar refractivity (Wildman–Crippen MR) is 115 cm³/mol. The Morgan fingerprint density at radius 3 is 2.59 bits per heavy atom. The molecule has 0 bridgehead atoms. The Morgan fingerprint density at radius 1 is 0.862 bits per heavy atom. The van der Waals surface area contributed by atoms with Gasteiger partial charge in [0.1, 0.15) is 0 Å². The van der Waals surface area contributed by atoms with Crippen LogP contribution in [0, 0.1) is 0 Å². The predicted octanol–water partition coefficient (Wildman–Crippen LogP) is 4.30. The lowest BCUT2D eigenvalue weighted by Crippen LogP contribution is -2.10. The van der Waals surface area contributed by atoms with Gasteiger partial charge in [-0.2, -0.15) is 9.97 Å². The smallest absolute Gasteiger partial charge is 0.226 e. The van der Waals surface area contributed by atoms with E-state index in [0.29, 0.717) is 29.5 Å². The van der Waals surface area contributed by atoms with Crippen LogP contribution in [0.5, 0.6) is 0 Å². The number of nitrogens with zero attached hydrogens (tertiary/aromatic N) is 4. The standard InChI is InChI=1S/C22H19N7/c1-2-7-16(8-3-1)27-21-19-20(24-13-12-23-19)28-22(29-21)25-11-10-17-14-15-6-4-5-9-18(15)26-17/h1-9,12-14,26H,10-11H2,(H2,24,25,27,28,29). The maximum atomic E-state index is 4.62. The second kappa shape index (κ2) is 7.55. The van der Waals surface area contributed by atoms with Crippen molar-refractivity contribution in [2.45, 2.75) is 6.42 Å². The highest BCUT2D eigenvalue weighted by atomic mass is 15.2. The van der Waals surface area contributed by atoms with Gasteiger partial charge in [-0.3, -0.25) is 0 Å². The molecule has 3 aromatic heterocycles. The zero-order chi connectivity index (χ0) is 19.5. The quantitative estimate of drug-likeness (QED) is 0.406. The zero-order valence-electron chi connectivity index (χ0n) is 15.6. The molecule has 7 heteroatoms. The number of rotatable bonds is 6. The highest BCUT2D eigenvalue weighted by Crippen LogP contribution is 2.22. The fourth-order valence-corrected chi connectivity index (χ4v) is 3.27. The maximum Gasteiger partial charge on any atom is 0.226 e. The van der Waals surface area contributed by atoms with Crippen LogP contribution in [-0.2, 0) is 6.42 Å². The van der Waals surface area contributed by atoms with Crippen LogP contribution in [0.25, 0.3) is 22.1 Å². The summed E-state index contributed by atoms with van der Waals surface area (Å²) in [5.41, 5.74) is 4.43. The number of anilines is 3. The third-order valence-electron chi connectivity index (χ3n) is 4.63. The number of aromatic amines is 1. The molecule has 0 aliphatic heterocycles. The van der Waals surface area contributed by atoms with Crippen molar-refractivity contribution < 1.29 is 0 Å². The first kappa shape index (κ1) is 17.1. The first-order valence-electron chi connectivity index (χ1n) is 9.46. The molecule has 3 N–H and O–H groups in total. The molecule has 0 atom stereocenters. The van der Waals surface area contributed by atoms with Crippen molar-refractivity contribution >= 4 is 39.5 Å². The summed E-state index contributed by atoms with van der Waals surface area (Å²) < 4.78 is 0. The Bertz CT molecular complexity index is 1230. The molecule has 0 amide bonds. The molecule has 0 unspecified atom stereocenters.